The lowest BCUT2D eigenvalue weighted by atomic mass is 9.77. The number of carbonyl (C=O) groups excluding carboxylic acids is 4. The fourth-order valence-corrected chi connectivity index (χ4v) is 10.6. The molecule has 1 unspecified atom stereocenters. The Hall–Kier alpha value is -4.40. The average molecular weight is 823 g/mol. The molecule has 3 amide bonds. The van der Waals surface area contributed by atoms with E-state index in [9.17, 15) is 27.6 Å². The highest BCUT2D eigenvalue weighted by atomic mass is 32.2. The molecule has 3 N–H and O–H groups in total. The van der Waals surface area contributed by atoms with Crippen molar-refractivity contribution in [1.82, 2.24) is 20.3 Å². The molecule has 8 atom stereocenters. The van der Waals surface area contributed by atoms with Crippen molar-refractivity contribution in [2.45, 2.75) is 134 Å². The lowest BCUT2D eigenvalue weighted by molar-refractivity contribution is -0.137. The predicted molar refractivity (Wildman–Crippen MR) is 217 cm³/mol. The number of carbonyl (C=O) groups is 4. The number of pyridine rings is 1. The Balaban J connectivity index is 1.28. The maximum absolute atomic E-state index is 14.9. The van der Waals surface area contributed by atoms with Gasteiger partial charge in [-0.15, -0.1) is 0 Å². The van der Waals surface area contributed by atoms with Crippen molar-refractivity contribution in [2.75, 3.05) is 13.7 Å². The molecule has 7 rings (SSSR count). The number of amides is 3. The van der Waals surface area contributed by atoms with Gasteiger partial charge in [-0.1, -0.05) is 52.7 Å². The van der Waals surface area contributed by atoms with Crippen molar-refractivity contribution in [1.29, 1.82) is 0 Å². The number of ether oxygens (including phenoxy) is 4. The summed E-state index contributed by atoms with van der Waals surface area (Å²) in [5.41, 5.74) is -0.818. The van der Waals surface area contributed by atoms with E-state index in [-0.39, 0.29) is 43.0 Å². The summed E-state index contributed by atoms with van der Waals surface area (Å²) in [5.74, 6) is -2.35. The second-order valence-electron chi connectivity index (χ2n) is 17.8. The van der Waals surface area contributed by atoms with Crippen LogP contribution in [0, 0.1) is 29.1 Å². The molecular weight excluding hydrogens is 765 g/mol. The highest BCUT2D eigenvalue weighted by Gasteiger charge is 2.62. The molecule has 1 aromatic heterocycles. The van der Waals surface area contributed by atoms with E-state index in [2.05, 4.69) is 21.4 Å². The summed E-state index contributed by atoms with van der Waals surface area (Å²) >= 11 is 0. The smallest absolute Gasteiger partial charge is 0.408 e. The topological polar surface area (TPSA) is 188 Å². The van der Waals surface area contributed by atoms with Crippen molar-refractivity contribution in [3.05, 3.63) is 29.8 Å². The van der Waals surface area contributed by atoms with Gasteiger partial charge >= 0.3 is 6.09 Å². The number of nitrogens with zero attached hydrogens (tertiary/aromatic N) is 1. The molecule has 4 bridgehead atoms. The molecule has 4 aliphatic carbocycles. The van der Waals surface area contributed by atoms with Gasteiger partial charge in [0.25, 0.3) is 5.91 Å². The van der Waals surface area contributed by atoms with Gasteiger partial charge < -0.3 is 29.6 Å². The molecule has 5 aliphatic rings. The molecule has 0 spiro atoms. The number of aromatic nitrogens is 1. The van der Waals surface area contributed by atoms with E-state index in [1.165, 1.54) is 0 Å². The maximum atomic E-state index is 14.9. The van der Waals surface area contributed by atoms with Crippen LogP contribution < -0.4 is 29.6 Å². The molecule has 14 nitrogen and oxygen atoms in total. The molecule has 0 radical (unpaired) electrons. The number of rotatable bonds is 9. The summed E-state index contributed by atoms with van der Waals surface area (Å²) in [7, 11) is -2.28. The first-order chi connectivity index (χ1) is 27.6. The van der Waals surface area contributed by atoms with Gasteiger partial charge in [0.1, 0.15) is 29.2 Å². The van der Waals surface area contributed by atoms with Crippen molar-refractivity contribution < 1.29 is 46.5 Å². The van der Waals surface area contributed by atoms with Crippen LogP contribution in [0.1, 0.15) is 111 Å². The molecule has 2 heterocycles. The molecule has 1 aliphatic heterocycles. The van der Waals surface area contributed by atoms with Gasteiger partial charge in [-0.3, -0.25) is 19.1 Å². The fraction of sp³-hybridized carbons (Fsp3) is 0.651. The average Bonchev–Trinajstić information content (AvgIpc) is 4.10. The van der Waals surface area contributed by atoms with Gasteiger partial charge in [0.05, 0.1) is 36.4 Å². The van der Waals surface area contributed by atoms with E-state index in [0.717, 1.165) is 24.8 Å². The lowest BCUT2D eigenvalue weighted by Gasteiger charge is -2.35. The number of ketones is 1. The first kappa shape index (κ1) is 41.7. The normalized spacial score (nSPS) is 30.2. The molecule has 15 heteroatoms. The van der Waals surface area contributed by atoms with Crippen LogP contribution in [0.4, 0.5) is 4.79 Å². The van der Waals surface area contributed by atoms with Crippen LogP contribution >= 0.6 is 0 Å². The van der Waals surface area contributed by atoms with Crippen LogP contribution in [-0.4, -0.2) is 79.8 Å². The van der Waals surface area contributed by atoms with E-state index >= 15 is 0 Å². The minimum absolute atomic E-state index is 0.0704. The Kier molecular flexibility index (Phi) is 11.8. The number of hydrogen-bond acceptors (Lipinski definition) is 11. The molecular formula is C43H58N4O10S. The third kappa shape index (κ3) is 8.65. The number of fused-ring (bicyclic) bond motifs is 4. The van der Waals surface area contributed by atoms with Gasteiger partial charge in [0.2, 0.25) is 21.8 Å². The van der Waals surface area contributed by atoms with Gasteiger partial charge in [0.15, 0.2) is 5.78 Å². The number of nitrogens with one attached hydrogen (secondary N) is 3. The number of alkyl carbamates (subject to hydrolysis) is 1. The zero-order valence-corrected chi connectivity index (χ0v) is 35.2. The Bertz CT molecular complexity index is 2080. The molecule has 4 saturated carbocycles. The summed E-state index contributed by atoms with van der Waals surface area (Å²) in [6.45, 7) is 9.67. The second-order valence-corrected chi connectivity index (χ2v) is 19.8. The third-order valence-corrected chi connectivity index (χ3v) is 14.5. The number of hydrogen-bond donors (Lipinski definition) is 3. The number of sulfonamides is 1. The number of allylic oxidation sites excluding steroid dienone is 1. The monoisotopic (exact) mass is 822 g/mol. The quantitative estimate of drug-likeness (QED) is 0.269. The maximum Gasteiger partial charge on any atom is 0.408 e. The lowest BCUT2D eigenvalue weighted by Crippen LogP contribution is -2.56. The minimum atomic E-state index is -3.87. The zero-order chi connectivity index (χ0) is 41.6. The first-order valence-electron chi connectivity index (χ1n) is 20.9. The first-order valence-corrected chi connectivity index (χ1v) is 22.5. The largest absolute Gasteiger partial charge is 0.496 e. The van der Waals surface area contributed by atoms with Gasteiger partial charge in [-0.25, -0.2) is 18.2 Å². The van der Waals surface area contributed by atoms with Gasteiger partial charge in [-0.2, -0.15) is 0 Å². The Labute approximate surface area is 341 Å². The van der Waals surface area contributed by atoms with Gasteiger partial charge in [-0.05, 0) is 88.0 Å². The zero-order valence-electron chi connectivity index (χ0n) is 34.4. The number of Topliss-reactive ketones (excluding diaryl/α,β-unsaturated/α-hetero) is 1. The minimum Gasteiger partial charge on any atom is -0.496 e. The van der Waals surface area contributed by atoms with Crippen LogP contribution in [0.5, 0.6) is 17.4 Å². The standard InChI is InChI=1S/C43H58N4O10S/c1-7-26-23-43(26,40(50)47-58(52,53)28-16-17-28)46-39(49)30-20-27-19-29(30)37(48)38(42(3,4)5)45-41(51)57-33-15-10-9-12-24(33)13-11-14-25-18-31-32(21-34(25)54-6)44-36(55-8-2)22-35(31)56-27/h11,14,18,21-22,24,26-30,33,38H,7-10,12-13,15-17,19-20,23H2,1-6H3,(H,45,51)(H,46,49)(H,47,50)/t24-,26-,27+,29?,30-,33+,38-,43-/m1/s1. The van der Waals surface area contributed by atoms with Crippen LogP contribution in [0.3, 0.4) is 0 Å². The van der Waals surface area contributed by atoms with Crippen LogP contribution in [0.25, 0.3) is 17.0 Å². The van der Waals surface area contributed by atoms with E-state index in [0.29, 0.717) is 67.0 Å². The number of benzene rings is 1. The van der Waals surface area contributed by atoms with Crippen molar-refractivity contribution in [3.8, 4) is 17.4 Å². The summed E-state index contributed by atoms with van der Waals surface area (Å²) in [6.07, 6.45) is 8.58. The van der Waals surface area contributed by atoms with E-state index in [1.54, 1.807) is 13.2 Å². The molecule has 1 aromatic carbocycles. The molecule has 316 valence electrons. The Morgan fingerprint density at radius 2 is 1.79 bits per heavy atom. The molecule has 2 aromatic rings. The molecule has 4 fully saturated rings. The van der Waals surface area contributed by atoms with Crippen molar-refractivity contribution in [3.63, 3.8) is 0 Å². The SMILES string of the molecule is CCOc1cc2c3cc(c(OC)cc3n1)C=CC[C@H]1CCCC[C@@H]1OC(=O)N[C@@H](C(C)(C)C)C(=O)C1C[C@@H](C[C@H]1C(=O)N[C@]1(C(=O)NS(=O)(=O)C3CC3)C[C@H]1CC)O2. The Morgan fingerprint density at radius 3 is 2.47 bits per heavy atom. The van der Waals surface area contributed by atoms with E-state index in [4.69, 9.17) is 23.9 Å². The molecule has 58 heavy (non-hydrogen) atoms. The van der Waals surface area contributed by atoms with Crippen LogP contribution in [-0.2, 0) is 29.1 Å². The van der Waals surface area contributed by atoms with Crippen molar-refractivity contribution in [2.24, 2.45) is 29.1 Å². The third-order valence-electron chi connectivity index (χ3n) is 12.7. The van der Waals surface area contributed by atoms with E-state index < -0.39 is 68.1 Å². The van der Waals surface area contributed by atoms with E-state index in [1.807, 2.05) is 52.8 Å². The van der Waals surface area contributed by atoms with Gasteiger partial charge in [0, 0.05) is 29.0 Å². The highest BCUT2D eigenvalue weighted by Crippen LogP contribution is 2.48. The predicted octanol–water partition coefficient (Wildman–Crippen LogP) is 5.99. The second kappa shape index (κ2) is 16.3. The van der Waals surface area contributed by atoms with Crippen LogP contribution in [0.2, 0.25) is 0 Å². The summed E-state index contributed by atoms with van der Waals surface area (Å²) in [6, 6.07) is 4.47. The number of methoxy groups -OCH3 is 1. The molecule has 0 saturated heterocycles. The summed E-state index contributed by atoms with van der Waals surface area (Å²) in [5, 5.41) is 5.92. The van der Waals surface area contributed by atoms with Crippen LogP contribution in [0.15, 0.2) is 24.3 Å². The fourth-order valence-electron chi connectivity index (χ4n) is 9.21. The Morgan fingerprint density at radius 1 is 1.03 bits per heavy atom. The highest BCUT2D eigenvalue weighted by molar-refractivity contribution is 7.91. The van der Waals surface area contributed by atoms with Crippen molar-refractivity contribution >= 4 is 50.7 Å². The summed E-state index contributed by atoms with van der Waals surface area (Å²) in [4.78, 5) is 61.6. The summed E-state index contributed by atoms with van der Waals surface area (Å²) < 4.78 is 52.4.